The van der Waals surface area contributed by atoms with E-state index in [9.17, 15) is 0 Å². The molecule has 0 fully saturated rings. The van der Waals surface area contributed by atoms with E-state index >= 15 is 0 Å². The Balaban J connectivity index is 1.98. The van der Waals surface area contributed by atoms with Crippen LogP contribution in [0.4, 0.5) is 5.82 Å². The highest BCUT2D eigenvalue weighted by Gasteiger charge is 2.36. The second-order valence-corrected chi connectivity index (χ2v) is 7.25. The number of halogens is 1. The summed E-state index contributed by atoms with van der Waals surface area (Å²) in [6, 6.07) is 35.5. The zero-order valence-corrected chi connectivity index (χ0v) is 16.3. The first-order chi connectivity index (χ1) is 13.3. The molecule has 0 saturated carbocycles. The lowest BCUT2D eigenvalue weighted by atomic mass is 9.77. The number of aromatic nitrogens is 1. The third-order valence-electron chi connectivity index (χ3n) is 4.66. The van der Waals surface area contributed by atoms with E-state index in [0.29, 0.717) is 0 Å². The number of benzene rings is 3. The van der Waals surface area contributed by atoms with Gasteiger partial charge in [0.05, 0.1) is 0 Å². The van der Waals surface area contributed by atoms with Gasteiger partial charge in [-0.3, -0.25) is 0 Å². The molecule has 0 bridgehead atoms. The molecular weight excluding hydrogens is 396 g/mol. The normalized spacial score (nSPS) is 11.1. The molecule has 0 aliphatic carbocycles. The number of hydrogen-bond acceptors (Lipinski definition) is 2. The molecule has 2 nitrogen and oxygen atoms in total. The average molecular weight is 415 g/mol. The Bertz CT molecular complexity index is 888. The van der Waals surface area contributed by atoms with E-state index in [0.717, 1.165) is 27.0 Å². The Hall–Kier alpha value is -2.91. The molecule has 0 amide bonds. The predicted molar refractivity (Wildman–Crippen MR) is 115 cm³/mol. The lowest BCUT2D eigenvalue weighted by Gasteiger charge is -2.37. The predicted octanol–water partition coefficient (Wildman–Crippen LogP) is 6.25. The van der Waals surface area contributed by atoms with Crippen LogP contribution < -0.4 is 5.32 Å². The van der Waals surface area contributed by atoms with Gasteiger partial charge in [-0.2, -0.15) is 0 Å². The van der Waals surface area contributed by atoms with Crippen molar-refractivity contribution in [1.82, 2.24) is 4.98 Å². The summed E-state index contributed by atoms with van der Waals surface area (Å²) < 4.78 is 0.956. The lowest BCUT2D eigenvalue weighted by molar-refractivity contribution is 0.706. The van der Waals surface area contributed by atoms with Crippen LogP contribution in [0, 0.1) is 0 Å². The molecule has 0 spiro atoms. The van der Waals surface area contributed by atoms with Gasteiger partial charge in [0.15, 0.2) is 0 Å². The lowest BCUT2D eigenvalue weighted by Crippen LogP contribution is -2.38. The molecule has 4 rings (SSSR count). The molecule has 132 valence electrons. The molecule has 4 aromatic rings. The molecule has 0 radical (unpaired) electrons. The van der Waals surface area contributed by atoms with Crippen molar-refractivity contribution in [1.29, 1.82) is 0 Å². The van der Waals surface area contributed by atoms with Crippen LogP contribution in [-0.4, -0.2) is 4.98 Å². The topological polar surface area (TPSA) is 24.9 Å². The van der Waals surface area contributed by atoms with Crippen LogP contribution in [0.15, 0.2) is 114 Å². The van der Waals surface area contributed by atoms with Crippen LogP contribution in [-0.2, 0) is 5.54 Å². The minimum Gasteiger partial charge on any atom is -0.353 e. The first-order valence-corrected chi connectivity index (χ1v) is 9.65. The van der Waals surface area contributed by atoms with Crippen molar-refractivity contribution in [2.45, 2.75) is 5.54 Å². The van der Waals surface area contributed by atoms with E-state index < -0.39 is 5.54 Å². The maximum atomic E-state index is 4.58. The Morgan fingerprint density at radius 3 is 1.41 bits per heavy atom. The Morgan fingerprint density at radius 2 is 1.04 bits per heavy atom. The molecule has 27 heavy (non-hydrogen) atoms. The van der Waals surface area contributed by atoms with Crippen LogP contribution in [0.2, 0.25) is 0 Å². The Labute approximate surface area is 168 Å². The third-order valence-corrected chi connectivity index (χ3v) is 5.13. The van der Waals surface area contributed by atoms with Crippen molar-refractivity contribution in [3.8, 4) is 0 Å². The van der Waals surface area contributed by atoms with Gasteiger partial charge in [-0.15, -0.1) is 0 Å². The number of nitrogens with one attached hydrogen (secondary N) is 1. The van der Waals surface area contributed by atoms with Gasteiger partial charge < -0.3 is 5.32 Å². The van der Waals surface area contributed by atoms with Crippen LogP contribution in [0.1, 0.15) is 16.7 Å². The zero-order chi connectivity index (χ0) is 18.5. The summed E-state index contributed by atoms with van der Waals surface area (Å²) in [4.78, 5) is 4.58. The summed E-state index contributed by atoms with van der Waals surface area (Å²) in [7, 11) is 0. The van der Waals surface area contributed by atoms with Crippen molar-refractivity contribution in [2.24, 2.45) is 0 Å². The van der Waals surface area contributed by atoms with Crippen molar-refractivity contribution in [2.75, 3.05) is 5.32 Å². The fourth-order valence-corrected chi connectivity index (χ4v) is 3.66. The van der Waals surface area contributed by atoms with Crippen molar-refractivity contribution >= 4 is 21.7 Å². The van der Waals surface area contributed by atoms with E-state index in [1.807, 2.05) is 36.5 Å². The van der Waals surface area contributed by atoms with Crippen molar-refractivity contribution < 1.29 is 0 Å². The van der Waals surface area contributed by atoms with Gasteiger partial charge in [0, 0.05) is 10.7 Å². The number of hydrogen-bond donors (Lipinski definition) is 1. The van der Waals surface area contributed by atoms with Gasteiger partial charge in [-0.1, -0.05) is 91.0 Å². The molecule has 3 aromatic carbocycles. The molecule has 3 heteroatoms. The highest BCUT2D eigenvalue weighted by molar-refractivity contribution is 9.10. The Morgan fingerprint density at radius 1 is 0.593 bits per heavy atom. The maximum absolute atomic E-state index is 4.58. The Kier molecular flexibility index (Phi) is 5.03. The molecule has 0 aliphatic rings. The second-order valence-electron chi connectivity index (χ2n) is 6.33. The first-order valence-electron chi connectivity index (χ1n) is 8.85. The summed E-state index contributed by atoms with van der Waals surface area (Å²) in [6.07, 6.45) is 1.81. The molecule has 1 heterocycles. The zero-order valence-electron chi connectivity index (χ0n) is 14.7. The first kappa shape index (κ1) is 17.5. The van der Waals surface area contributed by atoms with Crippen molar-refractivity contribution in [3.05, 3.63) is 130 Å². The van der Waals surface area contributed by atoms with Gasteiger partial charge in [-0.25, -0.2) is 4.98 Å². The van der Waals surface area contributed by atoms with Gasteiger partial charge in [0.2, 0.25) is 0 Å². The van der Waals surface area contributed by atoms with E-state index in [-0.39, 0.29) is 0 Å². The van der Waals surface area contributed by atoms with Gasteiger partial charge in [0.1, 0.15) is 11.4 Å². The second kappa shape index (κ2) is 7.77. The highest BCUT2D eigenvalue weighted by Crippen LogP contribution is 2.39. The minimum atomic E-state index is -0.551. The largest absolute Gasteiger partial charge is 0.353 e. The molecule has 0 atom stereocenters. The molecule has 1 N–H and O–H groups in total. The fourth-order valence-electron chi connectivity index (χ4n) is 3.42. The third kappa shape index (κ3) is 3.51. The number of rotatable bonds is 5. The summed E-state index contributed by atoms with van der Waals surface area (Å²) >= 11 is 3.47. The molecule has 0 saturated heterocycles. The van der Waals surface area contributed by atoms with Crippen LogP contribution in [0.25, 0.3) is 0 Å². The number of anilines is 1. The van der Waals surface area contributed by atoms with E-state index in [1.54, 1.807) is 0 Å². The SMILES string of the molecule is Brc1ccc(NC(c2ccccc2)(c2ccccc2)c2ccccc2)nc1. The fraction of sp³-hybridized carbons (Fsp3) is 0.0417. The standard InChI is InChI=1S/C24H19BrN2/c25-22-16-17-23(26-18-22)27-24(19-10-4-1-5-11-19,20-12-6-2-7-13-20)21-14-8-3-9-15-21/h1-18H,(H,26,27). The van der Waals surface area contributed by atoms with Crippen LogP contribution in [0.3, 0.4) is 0 Å². The molecule has 1 aromatic heterocycles. The summed E-state index contributed by atoms with van der Waals surface area (Å²) in [5.74, 6) is 0.815. The number of pyridine rings is 1. The molecular formula is C24H19BrN2. The van der Waals surface area contributed by atoms with E-state index in [2.05, 4.69) is 99.0 Å². The van der Waals surface area contributed by atoms with Gasteiger partial charge >= 0.3 is 0 Å². The molecule has 0 unspecified atom stereocenters. The average Bonchev–Trinajstić information content (AvgIpc) is 2.75. The van der Waals surface area contributed by atoms with Crippen LogP contribution >= 0.6 is 15.9 Å². The molecule has 0 aliphatic heterocycles. The van der Waals surface area contributed by atoms with Crippen molar-refractivity contribution in [3.63, 3.8) is 0 Å². The summed E-state index contributed by atoms with van der Waals surface area (Å²) in [5.41, 5.74) is 2.93. The van der Waals surface area contributed by atoms with E-state index in [4.69, 9.17) is 0 Å². The van der Waals surface area contributed by atoms with E-state index in [1.165, 1.54) is 0 Å². The highest BCUT2D eigenvalue weighted by atomic mass is 79.9. The monoisotopic (exact) mass is 414 g/mol. The summed E-state index contributed by atoms with van der Waals surface area (Å²) in [5, 5.41) is 3.74. The maximum Gasteiger partial charge on any atom is 0.127 e. The van der Waals surface area contributed by atoms with Gasteiger partial charge in [-0.05, 0) is 44.8 Å². The van der Waals surface area contributed by atoms with Crippen LogP contribution in [0.5, 0.6) is 0 Å². The van der Waals surface area contributed by atoms with Gasteiger partial charge in [0.25, 0.3) is 0 Å². The smallest absolute Gasteiger partial charge is 0.127 e. The minimum absolute atomic E-state index is 0.551. The quantitative estimate of drug-likeness (QED) is 0.390. The number of nitrogens with zero attached hydrogens (tertiary/aromatic N) is 1. The summed E-state index contributed by atoms with van der Waals surface area (Å²) in [6.45, 7) is 0.